The first-order valence-corrected chi connectivity index (χ1v) is 11.1. The molecule has 3 N–H and O–H groups in total. The Morgan fingerprint density at radius 1 is 1.20 bits per heavy atom. The minimum atomic E-state index is 0. The summed E-state index contributed by atoms with van der Waals surface area (Å²) in [5, 5.41) is 10.5. The molecule has 4 rings (SSSR count). The first-order chi connectivity index (χ1) is 14.3. The van der Waals surface area contributed by atoms with Crippen LogP contribution in [0.5, 0.6) is 0 Å². The maximum Gasteiger partial charge on any atom is 0.191 e. The van der Waals surface area contributed by atoms with Crippen LogP contribution in [-0.4, -0.2) is 41.6 Å². The Morgan fingerprint density at radius 2 is 2.00 bits per heavy atom. The van der Waals surface area contributed by atoms with Gasteiger partial charge in [-0.25, -0.2) is 9.98 Å². The average Bonchev–Trinajstić information content (AvgIpc) is 3.46. The molecule has 1 fully saturated rings. The molecule has 2 aromatic heterocycles. The maximum absolute atomic E-state index is 4.74. The molecule has 0 aliphatic carbocycles. The van der Waals surface area contributed by atoms with Crippen molar-refractivity contribution in [2.24, 2.45) is 4.99 Å². The van der Waals surface area contributed by atoms with Crippen molar-refractivity contribution in [1.29, 1.82) is 0 Å². The van der Waals surface area contributed by atoms with Gasteiger partial charge in [-0.05, 0) is 42.8 Å². The summed E-state index contributed by atoms with van der Waals surface area (Å²) in [5.41, 5.74) is 2.16. The molecule has 0 unspecified atom stereocenters. The number of aliphatic imine (C=N–C) groups is 1. The van der Waals surface area contributed by atoms with E-state index < -0.39 is 0 Å². The minimum absolute atomic E-state index is 0. The average molecular weight is 536 g/mol. The number of benzene rings is 1. The minimum Gasteiger partial charge on any atom is -0.363 e. The maximum atomic E-state index is 4.74. The number of imidazole rings is 1. The molecule has 30 heavy (non-hydrogen) atoms. The van der Waals surface area contributed by atoms with Crippen molar-refractivity contribution in [1.82, 2.24) is 20.6 Å². The Kier molecular flexibility index (Phi) is 8.56. The van der Waals surface area contributed by atoms with Gasteiger partial charge in [0.2, 0.25) is 0 Å². The number of hydrogen-bond donors (Lipinski definition) is 3. The van der Waals surface area contributed by atoms with Gasteiger partial charge < -0.3 is 20.5 Å². The van der Waals surface area contributed by atoms with Crippen LogP contribution >= 0.6 is 35.3 Å². The molecule has 160 valence electrons. The number of thiophene rings is 1. The molecule has 3 aromatic rings. The van der Waals surface area contributed by atoms with Crippen molar-refractivity contribution in [3.05, 3.63) is 59.9 Å². The molecule has 3 heterocycles. The predicted octanol–water partition coefficient (Wildman–Crippen LogP) is 4.48. The molecular formula is C22H29IN6S. The van der Waals surface area contributed by atoms with E-state index in [2.05, 4.69) is 62.1 Å². The lowest BCUT2D eigenvalue weighted by Gasteiger charge is -2.33. The molecule has 0 bridgehead atoms. The second kappa shape index (κ2) is 11.4. The van der Waals surface area contributed by atoms with E-state index in [0.29, 0.717) is 12.6 Å². The summed E-state index contributed by atoms with van der Waals surface area (Å²) in [5.74, 6) is 1.73. The highest BCUT2D eigenvalue weighted by Crippen LogP contribution is 2.24. The zero-order chi connectivity index (χ0) is 19.9. The number of aromatic nitrogens is 2. The highest BCUT2D eigenvalue weighted by Gasteiger charge is 2.20. The number of rotatable bonds is 6. The molecule has 1 aliphatic heterocycles. The second-order valence-electron chi connectivity index (χ2n) is 7.16. The van der Waals surface area contributed by atoms with Crippen LogP contribution in [0.4, 0.5) is 5.00 Å². The number of guanidine groups is 1. The fourth-order valence-electron chi connectivity index (χ4n) is 3.57. The van der Waals surface area contributed by atoms with Gasteiger partial charge >= 0.3 is 0 Å². The van der Waals surface area contributed by atoms with E-state index in [1.54, 1.807) is 0 Å². The van der Waals surface area contributed by atoms with Crippen LogP contribution < -0.4 is 15.5 Å². The normalized spacial score (nSPS) is 15.0. The highest BCUT2D eigenvalue weighted by molar-refractivity contribution is 14.0. The van der Waals surface area contributed by atoms with E-state index in [-0.39, 0.29) is 24.0 Å². The number of piperidine rings is 1. The Hall–Kier alpha value is -2.07. The van der Waals surface area contributed by atoms with E-state index in [9.17, 15) is 0 Å². The molecule has 0 saturated carbocycles. The zero-order valence-electron chi connectivity index (χ0n) is 17.2. The third-order valence-electron chi connectivity index (χ3n) is 5.10. The van der Waals surface area contributed by atoms with Gasteiger partial charge in [0, 0.05) is 25.7 Å². The van der Waals surface area contributed by atoms with E-state index in [0.717, 1.165) is 55.5 Å². The summed E-state index contributed by atoms with van der Waals surface area (Å²) in [4.78, 5) is 15.1. The first-order valence-electron chi connectivity index (χ1n) is 10.2. The van der Waals surface area contributed by atoms with Gasteiger partial charge in [0.1, 0.15) is 12.4 Å². The Morgan fingerprint density at radius 3 is 2.70 bits per heavy atom. The topological polar surface area (TPSA) is 68.3 Å². The van der Waals surface area contributed by atoms with Crippen LogP contribution in [-0.2, 0) is 6.54 Å². The Bertz CT molecular complexity index is 901. The Labute approximate surface area is 199 Å². The van der Waals surface area contributed by atoms with Crippen LogP contribution in [0.3, 0.4) is 0 Å². The summed E-state index contributed by atoms with van der Waals surface area (Å²) >= 11 is 1.82. The van der Waals surface area contributed by atoms with Crippen molar-refractivity contribution in [3.8, 4) is 11.3 Å². The smallest absolute Gasteiger partial charge is 0.191 e. The van der Waals surface area contributed by atoms with Crippen LogP contribution in [0.25, 0.3) is 11.3 Å². The lowest BCUT2D eigenvalue weighted by Crippen LogP contribution is -2.48. The standard InChI is InChI=1S/C22H28N6S.HI/c1-2-23-22(26-18-10-12-28(13-11-18)21-9-6-14-29-21)25-16-20-24-15-19(27-20)17-7-4-3-5-8-17;/h3-9,14-15,18H,2,10-13,16H2,1H3,(H,24,27)(H2,23,25,26);1H. The zero-order valence-corrected chi connectivity index (χ0v) is 20.3. The molecule has 1 saturated heterocycles. The first kappa shape index (κ1) is 22.6. The molecule has 0 radical (unpaired) electrons. The van der Waals surface area contributed by atoms with Crippen molar-refractivity contribution >= 4 is 46.3 Å². The van der Waals surface area contributed by atoms with Crippen molar-refractivity contribution in [2.75, 3.05) is 24.5 Å². The van der Waals surface area contributed by atoms with Crippen LogP contribution in [0.15, 0.2) is 59.0 Å². The van der Waals surface area contributed by atoms with Gasteiger partial charge in [-0.1, -0.05) is 30.3 Å². The van der Waals surface area contributed by atoms with Crippen LogP contribution in [0, 0.1) is 0 Å². The lowest BCUT2D eigenvalue weighted by atomic mass is 10.1. The molecule has 1 aromatic carbocycles. The van der Waals surface area contributed by atoms with Gasteiger partial charge in [0.05, 0.1) is 16.9 Å². The van der Waals surface area contributed by atoms with Gasteiger partial charge in [-0.3, -0.25) is 0 Å². The number of nitrogens with zero attached hydrogens (tertiary/aromatic N) is 3. The fraction of sp³-hybridized carbons (Fsp3) is 0.364. The van der Waals surface area contributed by atoms with Crippen molar-refractivity contribution in [2.45, 2.75) is 32.4 Å². The summed E-state index contributed by atoms with van der Waals surface area (Å²) in [6.07, 6.45) is 4.10. The largest absolute Gasteiger partial charge is 0.363 e. The number of halogens is 1. The molecule has 0 amide bonds. The van der Waals surface area contributed by atoms with Gasteiger partial charge in [0.15, 0.2) is 5.96 Å². The molecule has 0 atom stereocenters. The molecule has 1 aliphatic rings. The van der Waals surface area contributed by atoms with Crippen molar-refractivity contribution < 1.29 is 0 Å². The van der Waals surface area contributed by atoms with Crippen LogP contribution in [0.2, 0.25) is 0 Å². The van der Waals surface area contributed by atoms with Gasteiger partial charge in [0.25, 0.3) is 0 Å². The van der Waals surface area contributed by atoms with E-state index in [1.165, 1.54) is 5.00 Å². The van der Waals surface area contributed by atoms with Gasteiger partial charge in [-0.2, -0.15) is 0 Å². The second-order valence-corrected chi connectivity index (χ2v) is 8.09. The molecule has 6 nitrogen and oxygen atoms in total. The predicted molar refractivity (Wildman–Crippen MR) is 137 cm³/mol. The van der Waals surface area contributed by atoms with E-state index in [1.807, 2.05) is 35.7 Å². The summed E-state index contributed by atoms with van der Waals surface area (Å²) in [6.45, 7) is 5.62. The van der Waals surface area contributed by atoms with Crippen LogP contribution in [0.1, 0.15) is 25.6 Å². The third kappa shape index (κ3) is 5.98. The third-order valence-corrected chi connectivity index (χ3v) is 6.03. The SMILES string of the molecule is CCNC(=NCc1ncc(-c2ccccc2)[nH]1)NC1CCN(c2cccs2)CC1.I. The quantitative estimate of drug-likeness (QED) is 0.247. The van der Waals surface area contributed by atoms with Gasteiger partial charge in [-0.15, -0.1) is 35.3 Å². The number of H-pyrrole nitrogens is 1. The summed E-state index contributed by atoms with van der Waals surface area (Å²) < 4.78 is 0. The molecule has 8 heteroatoms. The number of nitrogens with one attached hydrogen (secondary N) is 3. The number of hydrogen-bond acceptors (Lipinski definition) is 4. The molecule has 0 spiro atoms. The lowest BCUT2D eigenvalue weighted by molar-refractivity contribution is 0.462. The monoisotopic (exact) mass is 536 g/mol. The van der Waals surface area contributed by atoms with Crippen molar-refractivity contribution in [3.63, 3.8) is 0 Å². The number of aromatic amines is 1. The molecular weight excluding hydrogens is 507 g/mol. The Balaban J connectivity index is 0.00000256. The number of anilines is 1. The highest BCUT2D eigenvalue weighted by atomic mass is 127. The summed E-state index contributed by atoms with van der Waals surface area (Å²) in [7, 11) is 0. The summed E-state index contributed by atoms with van der Waals surface area (Å²) in [6, 6.07) is 15.0. The van der Waals surface area contributed by atoms with E-state index >= 15 is 0 Å². The fourth-order valence-corrected chi connectivity index (χ4v) is 4.35. The van der Waals surface area contributed by atoms with E-state index in [4.69, 9.17) is 4.99 Å².